The predicted octanol–water partition coefficient (Wildman–Crippen LogP) is 5.81. The third kappa shape index (κ3) is 5.66. The number of benzene rings is 1. The van der Waals surface area contributed by atoms with E-state index >= 15 is 0 Å². The second-order valence-corrected chi connectivity index (χ2v) is 7.40. The Morgan fingerprint density at radius 1 is 1.07 bits per heavy atom. The third-order valence-electron chi connectivity index (χ3n) is 4.17. The van der Waals surface area contributed by atoms with Gasteiger partial charge in [-0.25, -0.2) is 4.98 Å². The molecule has 1 aromatic carbocycles. The lowest BCUT2D eigenvalue weighted by Gasteiger charge is -2.10. The van der Waals surface area contributed by atoms with Crippen molar-refractivity contribution in [3.05, 3.63) is 59.5 Å². The molecule has 140 valence electrons. The maximum Gasteiger partial charge on any atom is 0.303 e. The van der Waals surface area contributed by atoms with Crippen LogP contribution in [0.1, 0.15) is 31.2 Å². The van der Waals surface area contributed by atoms with Gasteiger partial charge in [-0.15, -0.1) is 11.3 Å². The number of carbonyl (C=O) groups is 1. The van der Waals surface area contributed by atoms with Crippen LogP contribution in [0.3, 0.4) is 0 Å². The molecule has 0 aliphatic rings. The number of aliphatic carboxylic acids is 1. The first kappa shape index (κ1) is 19.1. The summed E-state index contributed by atoms with van der Waals surface area (Å²) in [5.41, 5.74) is 4.29. The van der Waals surface area contributed by atoms with E-state index in [9.17, 15) is 4.79 Å². The summed E-state index contributed by atoms with van der Waals surface area (Å²) in [5.74, 6) is -0.139. The molecule has 4 nitrogen and oxygen atoms in total. The highest BCUT2D eigenvalue weighted by Gasteiger charge is 2.09. The van der Waals surface area contributed by atoms with Gasteiger partial charge in [0.15, 0.2) is 0 Å². The predicted molar refractivity (Wildman–Crippen MR) is 109 cm³/mol. The van der Waals surface area contributed by atoms with Crippen LogP contribution in [0, 0.1) is 6.92 Å². The van der Waals surface area contributed by atoms with Crippen LogP contribution in [0.25, 0.3) is 21.7 Å². The molecular formula is C22H23NO3S. The van der Waals surface area contributed by atoms with Crippen molar-refractivity contribution in [1.82, 2.24) is 4.98 Å². The number of ether oxygens (including phenoxy) is 1. The summed E-state index contributed by atoms with van der Waals surface area (Å²) in [6.07, 6.45) is 2.54. The molecule has 0 aliphatic carbocycles. The van der Waals surface area contributed by atoms with Crippen molar-refractivity contribution in [3.63, 3.8) is 0 Å². The highest BCUT2D eigenvalue weighted by atomic mass is 32.1. The van der Waals surface area contributed by atoms with Crippen molar-refractivity contribution < 1.29 is 14.6 Å². The summed E-state index contributed by atoms with van der Waals surface area (Å²) in [4.78, 5) is 16.4. The minimum absolute atomic E-state index is 0.212. The number of nitrogens with zero attached hydrogens (tertiary/aromatic N) is 1. The zero-order valence-corrected chi connectivity index (χ0v) is 16.2. The average Bonchev–Trinajstić information content (AvgIpc) is 3.11. The monoisotopic (exact) mass is 381 g/mol. The topological polar surface area (TPSA) is 59.4 Å². The van der Waals surface area contributed by atoms with Crippen LogP contribution in [0.15, 0.2) is 53.9 Å². The van der Waals surface area contributed by atoms with Crippen LogP contribution in [0.5, 0.6) is 5.88 Å². The number of pyridine rings is 1. The van der Waals surface area contributed by atoms with E-state index < -0.39 is 5.97 Å². The quantitative estimate of drug-likeness (QED) is 0.475. The van der Waals surface area contributed by atoms with Crippen molar-refractivity contribution in [3.8, 4) is 27.6 Å². The van der Waals surface area contributed by atoms with Crippen molar-refractivity contribution in [1.29, 1.82) is 0 Å². The molecule has 0 atom stereocenters. The Morgan fingerprint density at radius 3 is 2.59 bits per heavy atom. The molecule has 5 heteroatoms. The number of rotatable bonds is 9. The molecule has 1 N–H and O–H groups in total. The van der Waals surface area contributed by atoms with Crippen LogP contribution >= 0.6 is 11.3 Å². The van der Waals surface area contributed by atoms with E-state index in [0.29, 0.717) is 18.9 Å². The maximum absolute atomic E-state index is 10.6. The molecule has 0 radical (unpaired) electrons. The number of unbranched alkanes of at least 4 members (excludes halogenated alkanes) is 2. The van der Waals surface area contributed by atoms with Gasteiger partial charge in [-0.2, -0.15) is 0 Å². The van der Waals surface area contributed by atoms with E-state index in [-0.39, 0.29) is 6.42 Å². The zero-order valence-electron chi connectivity index (χ0n) is 15.4. The largest absolute Gasteiger partial charge is 0.481 e. The summed E-state index contributed by atoms with van der Waals surface area (Å²) < 4.78 is 5.89. The molecule has 0 saturated heterocycles. The molecule has 0 saturated carbocycles. The number of hydrogen-bond donors (Lipinski definition) is 1. The summed E-state index contributed by atoms with van der Waals surface area (Å²) in [6.45, 7) is 2.63. The summed E-state index contributed by atoms with van der Waals surface area (Å²) >= 11 is 1.71. The van der Waals surface area contributed by atoms with Crippen LogP contribution in [-0.2, 0) is 4.79 Å². The van der Waals surface area contributed by atoms with Gasteiger partial charge in [-0.1, -0.05) is 30.3 Å². The highest BCUT2D eigenvalue weighted by Crippen LogP contribution is 2.32. The van der Waals surface area contributed by atoms with Crippen molar-refractivity contribution >= 4 is 17.3 Å². The fourth-order valence-electron chi connectivity index (χ4n) is 2.79. The lowest BCUT2D eigenvalue weighted by Crippen LogP contribution is -2.01. The number of thiophene rings is 1. The first-order valence-corrected chi connectivity index (χ1v) is 9.97. The van der Waals surface area contributed by atoms with Gasteiger partial charge >= 0.3 is 5.97 Å². The van der Waals surface area contributed by atoms with E-state index in [0.717, 1.165) is 29.7 Å². The molecule has 2 aromatic heterocycles. The fourth-order valence-corrected chi connectivity index (χ4v) is 3.68. The van der Waals surface area contributed by atoms with E-state index in [1.54, 1.807) is 11.3 Å². The van der Waals surface area contributed by atoms with Crippen LogP contribution in [0.2, 0.25) is 0 Å². The van der Waals surface area contributed by atoms with E-state index in [1.807, 2.05) is 36.4 Å². The minimum Gasteiger partial charge on any atom is -0.481 e. The van der Waals surface area contributed by atoms with Crippen molar-refractivity contribution in [2.45, 2.75) is 32.6 Å². The first-order valence-electron chi connectivity index (χ1n) is 9.09. The lowest BCUT2D eigenvalue weighted by molar-refractivity contribution is -0.137. The zero-order chi connectivity index (χ0) is 19.1. The second-order valence-electron chi connectivity index (χ2n) is 6.49. The molecule has 0 fully saturated rings. The molecule has 0 bridgehead atoms. The van der Waals surface area contributed by atoms with E-state index in [1.165, 1.54) is 10.4 Å². The van der Waals surface area contributed by atoms with Crippen LogP contribution in [0.4, 0.5) is 0 Å². The standard InChI is InChI=1S/C22H23NO3S/c1-16-12-20(27-15-16)18-13-19(17-8-4-2-5-9-17)23-21(14-18)26-11-7-3-6-10-22(24)25/h2,4-5,8-9,12-15H,3,6-7,10-11H2,1H3,(H,24,25). The highest BCUT2D eigenvalue weighted by molar-refractivity contribution is 7.13. The van der Waals surface area contributed by atoms with Gasteiger partial charge in [0.05, 0.1) is 12.3 Å². The van der Waals surface area contributed by atoms with Gasteiger partial charge in [-0.3, -0.25) is 4.79 Å². The number of aromatic nitrogens is 1. The summed E-state index contributed by atoms with van der Waals surface area (Å²) in [6, 6.07) is 16.3. The molecule has 0 spiro atoms. The SMILES string of the molecule is Cc1csc(-c2cc(OCCCCCC(=O)O)nc(-c3ccccc3)c2)c1. The number of aryl methyl sites for hydroxylation is 1. The van der Waals surface area contributed by atoms with Gasteiger partial charge in [0, 0.05) is 22.9 Å². The molecule has 27 heavy (non-hydrogen) atoms. The van der Waals surface area contributed by atoms with Gasteiger partial charge in [0.25, 0.3) is 0 Å². The van der Waals surface area contributed by atoms with Gasteiger partial charge in [-0.05, 0) is 54.8 Å². The van der Waals surface area contributed by atoms with Gasteiger partial charge < -0.3 is 9.84 Å². The van der Waals surface area contributed by atoms with E-state index in [2.05, 4.69) is 29.4 Å². The molecular weight excluding hydrogens is 358 g/mol. The summed E-state index contributed by atoms with van der Waals surface area (Å²) in [5, 5.41) is 10.8. The fraction of sp³-hybridized carbons (Fsp3) is 0.273. The molecule has 0 aliphatic heterocycles. The molecule has 2 heterocycles. The second kappa shape index (κ2) is 9.33. The van der Waals surface area contributed by atoms with Crippen molar-refractivity contribution in [2.24, 2.45) is 0 Å². The average molecular weight is 381 g/mol. The number of carboxylic acids is 1. The van der Waals surface area contributed by atoms with Crippen LogP contribution < -0.4 is 4.74 Å². The first-order chi connectivity index (χ1) is 13.1. The van der Waals surface area contributed by atoms with Crippen molar-refractivity contribution in [2.75, 3.05) is 6.61 Å². The molecule has 3 rings (SSSR count). The Balaban J connectivity index is 1.75. The third-order valence-corrected chi connectivity index (χ3v) is 5.27. The number of hydrogen-bond acceptors (Lipinski definition) is 4. The smallest absolute Gasteiger partial charge is 0.303 e. The minimum atomic E-state index is -0.746. The number of carboxylic acid groups (broad SMARTS) is 1. The normalized spacial score (nSPS) is 10.7. The van der Waals surface area contributed by atoms with E-state index in [4.69, 9.17) is 9.84 Å². The Hall–Kier alpha value is -2.66. The van der Waals surface area contributed by atoms with Crippen LogP contribution in [-0.4, -0.2) is 22.7 Å². The van der Waals surface area contributed by atoms with Gasteiger partial charge in [0.2, 0.25) is 5.88 Å². The Bertz CT molecular complexity index is 890. The Morgan fingerprint density at radius 2 is 1.89 bits per heavy atom. The molecule has 3 aromatic rings. The molecule has 0 unspecified atom stereocenters. The molecule has 0 amide bonds. The summed E-state index contributed by atoms with van der Waals surface area (Å²) in [7, 11) is 0. The van der Waals surface area contributed by atoms with Gasteiger partial charge in [0.1, 0.15) is 0 Å². The lowest BCUT2D eigenvalue weighted by atomic mass is 10.1. The Labute approximate surface area is 163 Å². The maximum atomic E-state index is 10.6. The Kier molecular flexibility index (Phi) is 6.60.